The number of rotatable bonds is 3. The fourth-order valence-corrected chi connectivity index (χ4v) is 1.74. The summed E-state index contributed by atoms with van der Waals surface area (Å²) in [5, 5.41) is 11.9. The molecule has 0 saturated heterocycles. The highest BCUT2D eigenvalue weighted by Crippen LogP contribution is 2.18. The Bertz CT molecular complexity index is 634. The Hall–Kier alpha value is -2.48. The molecular formula is C14H13FN4. The van der Waals surface area contributed by atoms with Crippen LogP contribution in [-0.2, 0) is 0 Å². The minimum atomic E-state index is -0.283. The van der Waals surface area contributed by atoms with Crippen molar-refractivity contribution in [3.63, 3.8) is 0 Å². The van der Waals surface area contributed by atoms with Crippen LogP contribution in [0.4, 0.5) is 10.3 Å². The van der Waals surface area contributed by atoms with Crippen LogP contribution in [0.1, 0.15) is 29.9 Å². The van der Waals surface area contributed by atoms with Crippen LogP contribution in [-0.4, -0.2) is 9.97 Å². The summed E-state index contributed by atoms with van der Waals surface area (Å²) in [7, 11) is 0. The second-order valence-corrected chi connectivity index (χ2v) is 4.25. The molecule has 0 fully saturated rings. The van der Waals surface area contributed by atoms with E-state index in [0.717, 1.165) is 5.56 Å². The molecule has 1 unspecified atom stereocenters. The zero-order valence-corrected chi connectivity index (χ0v) is 10.7. The van der Waals surface area contributed by atoms with Crippen molar-refractivity contribution < 1.29 is 4.39 Å². The van der Waals surface area contributed by atoms with Gasteiger partial charge in [0.05, 0.1) is 6.04 Å². The predicted octanol–water partition coefficient (Wildman–Crippen LogP) is 2.97. The summed E-state index contributed by atoms with van der Waals surface area (Å²) in [6.45, 7) is 3.67. The summed E-state index contributed by atoms with van der Waals surface area (Å²) in [5.74, 6) is 0.0855. The standard InChI is InChI=1S/C14H13FN4/c1-9-6-13(8-16)19-14(17-9)18-10(2)11-4-3-5-12(15)7-11/h3-7,10H,1-2H3,(H,17,18,19). The zero-order valence-electron chi connectivity index (χ0n) is 10.7. The molecule has 1 atom stereocenters. The third-order valence-electron chi connectivity index (χ3n) is 2.66. The number of nitrogens with zero attached hydrogens (tertiary/aromatic N) is 3. The van der Waals surface area contributed by atoms with Crippen molar-refractivity contribution in [3.05, 3.63) is 53.1 Å². The second-order valence-electron chi connectivity index (χ2n) is 4.25. The first-order valence-corrected chi connectivity index (χ1v) is 5.86. The lowest BCUT2D eigenvalue weighted by Crippen LogP contribution is -2.10. The van der Waals surface area contributed by atoms with Crippen LogP contribution in [0.3, 0.4) is 0 Å². The first-order chi connectivity index (χ1) is 9.08. The Balaban J connectivity index is 2.21. The number of hydrogen-bond acceptors (Lipinski definition) is 4. The lowest BCUT2D eigenvalue weighted by Gasteiger charge is -2.14. The van der Waals surface area contributed by atoms with Gasteiger partial charge in [0.2, 0.25) is 5.95 Å². The van der Waals surface area contributed by atoms with Gasteiger partial charge in [-0.05, 0) is 37.6 Å². The Labute approximate surface area is 110 Å². The van der Waals surface area contributed by atoms with Crippen molar-refractivity contribution in [2.24, 2.45) is 0 Å². The third kappa shape index (κ3) is 3.26. The molecule has 96 valence electrons. The molecule has 0 radical (unpaired) electrons. The van der Waals surface area contributed by atoms with Crippen molar-refractivity contribution in [3.8, 4) is 6.07 Å². The summed E-state index contributed by atoms with van der Waals surface area (Å²) in [5.41, 5.74) is 1.81. The van der Waals surface area contributed by atoms with Crippen LogP contribution < -0.4 is 5.32 Å². The third-order valence-corrected chi connectivity index (χ3v) is 2.66. The number of benzene rings is 1. The molecule has 0 saturated carbocycles. The number of hydrogen-bond donors (Lipinski definition) is 1. The molecule has 19 heavy (non-hydrogen) atoms. The van der Waals surface area contributed by atoms with Crippen LogP contribution in [0.25, 0.3) is 0 Å². The van der Waals surface area contributed by atoms with Crippen LogP contribution in [0.15, 0.2) is 30.3 Å². The van der Waals surface area contributed by atoms with Gasteiger partial charge in [-0.25, -0.2) is 14.4 Å². The minimum absolute atomic E-state index is 0.149. The molecule has 1 aromatic heterocycles. The molecule has 0 amide bonds. The van der Waals surface area contributed by atoms with Crippen LogP contribution in [0.5, 0.6) is 0 Å². The number of anilines is 1. The topological polar surface area (TPSA) is 61.6 Å². The molecular weight excluding hydrogens is 243 g/mol. The van der Waals surface area contributed by atoms with Crippen molar-refractivity contribution in [1.29, 1.82) is 5.26 Å². The van der Waals surface area contributed by atoms with E-state index in [2.05, 4.69) is 15.3 Å². The molecule has 0 aliphatic rings. The van der Waals surface area contributed by atoms with Gasteiger partial charge < -0.3 is 5.32 Å². The van der Waals surface area contributed by atoms with Gasteiger partial charge in [-0.3, -0.25) is 0 Å². The van der Waals surface area contributed by atoms with E-state index < -0.39 is 0 Å². The van der Waals surface area contributed by atoms with Crippen molar-refractivity contribution in [2.75, 3.05) is 5.32 Å². The number of aromatic nitrogens is 2. The predicted molar refractivity (Wildman–Crippen MR) is 69.9 cm³/mol. The highest BCUT2D eigenvalue weighted by atomic mass is 19.1. The molecule has 0 bridgehead atoms. The average Bonchev–Trinajstić information content (AvgIpc) is 2.38. The smallest absolute Gasteiger partial charge is 0.224 e. The van der Waals surface area contributed by atoms with Gasteiger partial charge in [0.1, 0.15) is 17.6 Å². The highest BCUT2D eigenvalue weighted by molar-refractivity contribution is 5.36. The van der Waals surface area contributed by atoms with Crippen molar-refractivity contribution in [2.45, 2.75) is 19.9 Å². The number of aryl methyl sites for hydroxylation is 1. The molecule has 4 nitrogen and oxygen atoms in total. The van der Waals surface area contributed by atoms with Gasteiger partial charge in [-0.1, -0.05) is 12.1 Å². The molecule has 1 heterocycles. The maximum Gasteiger partial charge on any atom is 0.224 e. The second kappa shape index (κ2) is 5.44. The largest absolute Gasteiger partial charge is 0.348 e. The zero-order chi connectivity index (χ0) is 13.8. The quantitative estimate of drug-likeness (QED) is 0.917. The number of halogens is 1. The van der Waals surface area contributed by atoms with Gasteiger partial charge in [-0.2, -0.15) is 5.26 Å². The summed E-state index contributed by atoms with van der Waals surface area (Å²) < 4.78 is 13.1. The summed E-state index contributed by atoms with van der Waals surface area (Å²) in [4.78, 5) is 8.27. The van der Waals surface area contributed by atoms with E-state index in [-0.39, 0.29) is 11.9 Å². The maximum absolute atomic E-state index is 13.1. The fourth-order valence-electron chi connectivity index (χ4n) is 1.74. The monoisotopic (exact) mass is 256 g/mol. The summed E-state index contributed by atoms with van der Waals surface area (Å²) in [6.07, 6.45) is 0. The van der Waals surface area contributed by atoms with Crippen molar-refractivity contribution >= 4 is 5.95 Å². The summed E-state index contributed by atoms with van der Waals surface area (Å²) >= 11 is 0. The molecule has 0 aliphatic heterocycles. The van der Waals surface area contributed by atoms with E-state index in [1.54, 1.807) is 19.1 Å². The lowest BCUT2D eigenvalue weighted by atomic mass is 10.1. The molecule has 2 rings (SSSR count). The van der Waals surface area contributed by atoms with E-state index >= 15 is 0 Å². The van der Waals surface area contributed by atoms with Crippen LogP contribution >= 0.6 is 0 Å². The van der Waals surface area contributed by atoms with Gasteiger partial charge in [-0.15, -0.1) is 0 Å². The van der Waals surface area contributed by atoms with Crippen molar-refractivity contribution in [1.82, 2.24) is 9.97 Å². The van der Waals surface area contributed by atoms with Gasteiger partial charge in [0, 0.05) is 5.69 Å². The SMILES string of the molecule is Cc1cc(C#N)nc(NC(C)c2cccc(F)c2)n1. The van der Waals surface area contributed by atoms with Gasteiger partial charge in [0.15, 0.2) is 0 Å². The van der Waals surface area contributed by atoms with Gasteiger partial charge in [0.25, 0.3) is 0 Å². The average molecular weight is 256 g/mol. The first-order valence-electron chi connectivity index (χ1n) is 5.86. The van der Waals surface area contributed by atoms with E-state index in [1.807, 2.05) is 19.1 Å². The molecule has 1 aromatic carbocycles. The van der Waals surface area contributed by atoms with Crippen LogP contribution in [0.2, 0.25) is 0 Å². The first kappa shape index (κ1) is 13.0. The van der Waals surface area contributed by atoms with Crippen LogP contribution in [0, 0.1) is 24.1 Å². The van der Waals surface area contributed by atoms with E-state index in [0.29, 0.717) is 17.3 Å². The molecule has 5 heteroatoms. The normalized spacial score (nSPS) is 11.7. The molecule has 2 aromatic rings. The Morgan fingerprint density at radius 2 is 2.11 bits per heavy atom. The number of nitrogens with one attached hydrogen (secondary N) is 1. The Morgan fingerprint density at radius 3 is 2.79 bits per heavy atom. The summed E-state index contributed by atoms with van der Waals surface area (Å²) in [6, 6.07) is 9.77. The molecule has 0 aliphatic carbocycles. The Kier molecular flexibility index (Phi) is 3.71. The number of nitriles is 1. The fraction of sp³-hybridized carbons (Fsp3) is 0.214. The van der Waals surface area contributed by atoms with Gasteiger partial charge >= 0.3 is 0 Å². The van der Waals surface area contributed by atoms with E-state index in [4.69, 9.17) is 5.26 Å². The highest BCUT2D eigenvalue weighted by Gasteiger charge is 2.09. The maximum atomic E-state index is 13.1. The molecule has 0 spiro atoms. The minimum Gasteiger partial charge on any atom is -0.348 e. The van der Waals surface area contributed by atoms with E-state index in [9.17, 15) is 4.39 Å². The Morgan fingerprint density at radius 1 is 1.32 bits per heavy atom. The molecule has 1 N–H and O–H groups in total. The lowest BCUT2D eigenvalue weighted by molar-refractivity contribution is 0.623. The van der Waals surface area contributed by atoms with E-state index in [1.165, 1.54) is 12.1 Å².